The fraction of sp³-hybridized carbons (Fsp3) is 0.625. The van der Waals surface area contributed by atoms with Crippen LogP contribution in [0.2, 0.25) is 0 Å². The zero-order chi connectivity index (χ0) is 15.9. The molecule has 0 bridgehead atoms. The lowest BCUT2D eigenvalue weighted by molar-refractivity contribution is -0.0117. The van der Waals surface area contributed by atoms with Crippen molar-refractivity contribution < 1.29 is 18.3 Å². The number of piperazine rings is 1. The summed E-state index contributed by atoms with van der Waals surface area (Å²) in [4.78, 5) is 1.96. The van der Waals surface area contributed by atoms with Gasteiger partial charge in [-0.1, -0.05) is 12.8 Å². The first-order valence-electron chi connectivity index (χ1n) is 7.72. The molecule has 0 amide bonds. The van der Waals surface area contributed by atoms with E-state index in [-0.39, 0.29) is 12.1 Å². The predicted molar refractivity (Wildman–Crippen MR) is 78.5 cm³/mol. The number of nitrogens with one attached hydrogen (secondary N) is 1. The number of benzene rings is 1. The normalized spacial score (nSPS) is 32.2. The second-order valence-electron chi connectivity index (χ2n) is 6.51. The molecule has 3 atom stereocenters. The standard InChI is InChI=1S/C16H21F3N2O/c1-16(22)9-21(14-5-3-2-4-13(14)20-16)10-6-7-11(15(18)19)12(17)8-10/h6-8,13-15,20,22H,2-5,9H2,1H3. The number of anilines is 1. The second kappa shape index (κ2) is 5.74. The highest BCUT2D eigenvalue weighted by Crippen LogP contribution is 2.34. The number of rotatable bonds is 2. The summed E-state index contributed by atoms with van der Waals surface area (Å²) in [5.74, 6) is -0.891. The molecule has 2 fully saturated rings. The first-order valence-corrected chi connectivity index (χ1v) is 7.72. The Morgan fingerprint density at radius 2 is 2.05 bits per heavy atom. The van der Waals surface area contributed by atoms with Gasteiger partial charge in [0.1, 0.15) is 11.5 Å². The van der Waals surface area contributed by atoms with Crippen LogP contribution >= 0.6 is 0 Å². The third kappa shape index (κ3) is 2.94. The number of halogens is 3. The van der Waals surface area contributed by atoms with Crippen LogP contribution < -0.4 is 10.2 Å². The summed E-state index contributed by atoms with van der Waals surface area (Å²) < 4.78 is 39.3. The summed E-state index contributed by atoms with van der Waals surface area (Å²) in [6.07, 6.45) is 1.26. The Morgan fingerprint density at radius 1 is 1.32 bits per heavy atom. The van der Waals surface area contributed by atoms with Gasteiger partial charge in [0, 0.05) is 17.8 Å². The minimum absolute atomic E-state index is 0.135. The minimum atomic E-state index is -2.82. The first kappa shape index (κ1) is 15.6. The van der Waals surface area contributed by atoms with Crippen LogP contribution in [-0.2, 0) is 0 Å². The van der Waals surface area contributed by atoms with Gasteiger partial charge in [-0.05, 0) is 38.0 Å². The van der Waals surface area contributed by atoms with Crippen LogP contribution in [0.5, 0.6) is 0 Å². The Balaban J connectivity index is 1.92. The van der Waals surface area contributed by atoms with Crippen molar-refractivity contribution in [1.82, 2.24) is 5.32 Å². The summed E-state index contributed by atoms with van der Waals surface area (Å²) in [6.45, 7) is 2.00. The van der Waals surface area contributed by atoms with Crippen LogP contribution in [0.25, 0.3) is 0 Å². The van der Waals surface area contributed by atoms with E-state index < -0.39 is 23.5 Å². The topological polar surface area (TPSA) is 35.5 Å². The molecule has 2 aliphatic rings. The molecule has 122 valence electrons. The molecule has 22 heavy (non-hydrogen) atoms. The van der Waals surface area contributed by atoms with Crippen LogP contribution in [0.1, 0.15) is 44.6 Å². The molecule has 0 spiro atoms. The van der Waals surface area contributed by atoms with Gasteiger partial charge in [-0.2, -0.15) is 0 Å². The van der Waals surface area contributed by atoms with Crippen LogP contribution in [0.3, 0.4) is 0 Å². The average Bonchev–Trinajstić information content (AvgIpc) is 2.44. The van der Waals surface area contributed by atoms with E-state index in [0.717, 1.165) is 37.8 Å². The number of β-amino-alcohol motifs (C(OH)–C–C–N with tert-alkyl or cyclic N) is 1. The molecule has 3 nitrogen and oxygen atoms in total. The molecule has 1 aromatic rings. The smallest absolute Gasteiger partial charge is 0.266 e. The fourth-order valence-electron chi connectivity index (χ4n) is 3.70. The predicted octanol–water partition coefficient (Wildman–Crippen LogP) is 3.19. The van der Waals surface area contributed by atoms with Gasteiger partial charge in [0.25, 0.3) is 6.43 Å². The molecule has 6 heteroatoms. The Labute approximate surface area is 128 Å². The average molecular weight is 314 g/mol. The molecule has 0 aromatic heterocycles. The van der Waals surface area contributed by atoms with E-state index >= 15 is 0 Å². The third-order valence-electron chi connectivity index (χ3n) is 4.66. The van der Waals surface area contributed by atoms with Crippen LogP contribution in [-0.4, -0.2) is 29.5 Å². The lowest BCUT2D eigenvalue weighted by Crippen LogP contribution is -2.68. The molecule has 1 aliphatic heterocycles. The number of alkyl halides is 2. The molecule has 1 aliphatic carbocycles. The zero-order valence-electron chi connectivity index (χ0n) is 12.5. The third-order valence-corrected chi connectivity index (χ3v) is 4.66. The Hall–Kier alpha value is -1.27. The molecular weight excluding hydrogens is 293 g/mol. The Kier molecular flexibility index (Phi) is 4.07. The summed E-state index contributed by atoms with van der Waals surface area (Å²) in [7, 11) is 0. The van der Waals surface area contributed by atoms with E-state index in [1.165, 1.54) is 6.07 Å². The van der Waals surface area contributed by atoms with Crippen LogP contribution in [0.15, 0.2) is 18.2 Å². The summed E-state index contributed by atoms with van der Waals surface area (Å²) in [5.41, 5.74) is -1.09. The Morgan fingerprint density at radius 3 is 2.73 bits per heavy atom. The van der Waals surface area contributed by atoms with Crippen molar-refractivity contribution in [1.29, 1.82) is 0 Å². The molecule has 1 aromatic carbocycles. The van der Waals surface area contributed by atoms with E-state index in [4.69, 9.17) is 0 Å². The number of fused-ring (bicyclic) bond motifs is 1. The van der Waals surface area contributed by atoms with E-state index in [0.29, 0.717) is 12.2 Å². The van der Waals surface area contributed by atoms with E-state index in [9.17, 15) is 18.3 Å². The Bertz CT molecular complexity index is 550. The van der Waals surface area contributed by atoms with Crippen LogP contribution in [0, 0.1) is 5.82 Å². The van der Waals surface area contributed by atoms with Crippen molar-refractivity contribution in [2.45, 2.75) is 56.8 Å². The summed E-state index contributed by atoms with van der Waals surface area (Å²) >= 11 is 0. The molecule has 1 heterocycles. The minimum Gasteiger partial charge on any atom is -0.374 e. The van der Waals surface area contributed by atoms with Crippen LogP contribution in [0.4, 0.5) is 18.9 Å². The number of aliphatic hydroxyl groups is 1. The van der Waals surface area contributed by atoms with Gasteiger partial charge in [-0.25, -0.2) is 13.2 Å². The molecule has 1 saturated carbocycles. The van der Waals surface area contributed by atoms with Crippen molar-refractivity contribution in [3.63, 3.8) is 0 Å². The molecule has 3 rings (SSSR count). The first-order chi connectivity index (χ1) is 10.4. The fourth-order valence-corrected chi connectivity index (χ4v) is 3.70. The van der Waals surface area contributed by atoms with E-state index in [1.54, 1.807) is 6.92 Å². The second-order valence-corrected chi connectivity index (χ2v) is 6.51. The number of nitrogens with zero attached hydrogens (tertiary/aromatic N) is 1. The number of hydrogen-bond acceptors (Lipinski definition) is 3. The van der Waals surface area contributed by atoms with Gasteiger partial charge in [-0.3, -0.25) is 5.32 Å². The van der Waals surface area contributed by atoms with Crippen molar-refractivity contribution in [3.05, 3.63) is 29.6 Å². The monoisotopic (exact) mass is 314 g/mol. The van der Waals surface area contributed by atoms with Crippen molar-refractivity contribution in [2.75, 3.05) is 11.4 Å². The molecule has 0 radical (unpaired) electrons. The van der Waals surface area contributed by atoms with Gasteiger partial charge in [0.05, 0.1) is 12.1 Å². The van der Waals surface area contributed by atoms with Gasteiger partial charge < -0.3 is 10.0 Å². The van der Waals surface area contributed by atoms with Crippen molar-refractivity contribution in [3.8, 4) is 0 Å². The highest BCUT2D eigenvalue weighted by atomic mass is 19.3. The lowest BCUT2D eigenvalue weighted by Gasteiger charge is -2.51. The van der Waals surface area contributed by atoms with E-state index in [1.807, 2.05) is 4.90 Å². The van der Waals surface area contributed by atoms with E-state index in [2.05, 4.69) is 5.32 Å². The summed E-state index contributed by atoms with van der Waals surface area (Å²) in [5, 5.41) is 13.6. The zero-order valence-corrected chi connectivity index (χ0v) is 12.5. The molecule has 3 unspecified atom stereocenters. The molecular formula is C16H21F3N2O. The van der Waals surface area contributed by atoms with Gasteiger partial charge in [0.2, 0.25) is 0 Å². The van der Waals surface area contributed by atoms with Gasteiger partial charge in [-0.15, -0.1) is 0 Å². The maximum atomic E-state index is 13.9. The largest absolute Gasteiger partial charge is 0.374 e. The van der Waals surface area contributed by atoms with Crippen molar-refractivity contribution >= 4 is 5.69 Å². The lowest BCUT2D eigenvalue weighted by atomic mass is 9.85. The SMILES string of the molecule is CC1(O)CN(c2ccc(C(F)F)c(F)c2)C2CCCCC2N1. The van der Waals surface area contributed by atoms with Gasteiger partial charge in [0.15, 0.2) is 0 Å². The van der Waals surface area contributed by atoms with Gasteiger partial charge >= 0.3 is 0 Å². The quantitative estimate of drug-likeness (QED) is 0.880. The number of hydrogen-bond donors (Lipinski definition) is 2. The molecule has 2 N–H and O–H groups in total. The highest BCUT2D eigenvalue weighted by Gasteiger charge is 2.41. The molecule has 1 saturated heterocycles. The summed E-state index contributed by atoms with van der Waals surface area (Å²) in [6, 6.07) is 4.12. The maximum Gasteiger partial charge on any atom is 0.266 e. The highest BCUT2D eigenvalue weighted by molar-refractivity contribution is 5.51. The van der Waals surface area contributed by atoms with Crippen molar-refractivity contribution in [2.24, 2.45) is 0 Å². The maximum absolute atomic E-state index is 13.9.